The SMILES string of the molecule is CC(NC(=O)CC(c1ccccc1)c1ccccc1)C(=O)O. The Bertz CT molecular complexity index is 586. The Morgan fingerprint density at radius 3 is 1.82 bits per heavy atom. The normalized spacial score (nSPS) is 11.9. The maximum atomic E-state index is 12.1. The van der Waals surface area contributed by atoms with Crippen LogP contribution in [0.5, 0.6) is 0 Å². The number of carboxylic acid groups (broad SMARTS) is 1. The van der Waals surface area contributed by atoms with E-state index in [9.17, 15) is 9.59 Å². The van der Waals surface area contributed by atoms with E-state index in [4.69, 9.17) is 5.11 Å². The second-order valence-corrected chi connectivity index (χ2v) is 5.21. The topological polar surface area (TPSA) is 66.4 Å². The number of hydrogen-bond acceptors (Lipinski definition) is 2. The Morgan fingerprint density at radius 2 is 1.41 bits per heavy atom. The third kappa shape index (κ3) is 4.19. The fraction of sp³-hybridized carbons (Fsp3) is 0.222. The van der Waals surface area contributed by atoms with Crippen molar-refractivity contribution in [1.29, 1.82) is 0 Å². The van der Waals surface area contributed by atoms with E-state index in [1.165, 1.54) is 6.92 Å². The third-order valence-corrected chi connectivity index (χ3v) is 3.54. The number of carbonyl (C=O) groups is 2. The molecule has 114 valence electrons. The monoisotopic (exact) mass is 297 g/mol. The van der Waals surface area contributed by atoms with Gasteiger partial charge in [-0.05, 0) is 18.1 Å². The Hall–Kier alpha value is -2.62. The molecule has 0 saturated carbocycles. The zero-order valence-electron chi connectivity index (χ0n) is 12.4. The van der Waals surface area contributed by atoms with E-state index in [0.717, 1.165) is 11.1 Å². The van der Waals surface area contributed by atoms with Crippen molar-refractivity contribution in [2.24, 2.45) is 0 Å². The average Bonchev–Trinajstić information content (AvgIpc) is 2.54. The van der Waals surface area contributed by atoms with E-state index in [2.05, 4.69) is 5.32 Å². The molecule has 0 radical (unpaired) electrons. The summed E-state index contributed by atoms with van der Waals surface area (Å²) >= 11 is 0. The molecule has 0 bridgehead atoms. The highest BCUT2D eigenvalue weighted by atomic mass is 16.4. The summed E-state index contributed by atoms with van der Waals surface area (Å²) in [6, 6.07) is 18.6. The van der Waals surface area contributed by atoms with E-state index < -0.39 is 12.0 Å². The van der Waals surface area contributed by atoms with Gasteiger partial charge >= 0.3 is 5.97 Å². The molecule has 2 aromatic rings. The zero-order chi connectivity index (χ0) is 15.9. The summed E-state index contributed by atoms with van der Waals surface area (Å²) in [6.45, 7) is 1.46. The average molecular weight is 297 g/mol. The smallest absolute Gasteiger partial charge is 0.325 e. The quantitative estimate of drug-likeness (QED) is 0.861. The van der Waals surface area contributed by atoms with Gasteiger partial charge in [-0.3, -0.25) is 9.59 Å². The lowest BCUT2D eigenvalue weighted by atomic mass is 9.88. The van der Waals surface area contributed by atoms with Crippen molar-refractivity contribution in [3.63, 3.8) is 0 Å². The number of benzene rings is 2. The molecule has 1 unspecified atom stereocenters. The minimum absolute atomic E-state index is 0.0941. The highest BCUT2D eigenvalue weighted by molar-refractivity contribution is 5.84. The predicted octanol–water partition coefficient (Wildman–Crippen LogP) is 2.80. The van der Waals surface area contributed by atoms with Gasteiger partial charge < -0.3 is 10.4 Å². The van der Waals surface area contributed by atoms with E-state index >= 15 is 0 Å². The van der Waals surface area contributed by atoms with Crippen molar-refractivity contribution < 1.29 is 14.7 Å². The first-order valence-electron chi connectivity index (χ1n) is 7.20. The number of rotatable bonds is 6. The van der Waals surface area contributed by atoms with Gasteiger partial charge in [0.1, 0.15) is 6.04 Å². The van der Waals surface area contributed by atoms with Crippen molar-refractivity contribution >= 4 is 11.9 Å². The lowest BCUT2D eigenvalue weighted by Gasteiger charge is -2.18. The number of carboxylic acids is 1. The van der Waals surface area contributed by atoms with Crippen LogP contribution in [-0.2, 0) is 9.59 Å². The Balaban J connectivity index is 2.19. The summed E-state index contributed by atoms with van der Waals surface area (Å²) in [5.74, 6) is -1.40. The van der Waals surface area contributed by atoms with Gasteiger partial charge in [0, 0.05) is 12.3 Å². The van der Waals surface area contributed by atoms with Crippen molar-refractivity contribution in [3.8, 4) is 0 Å². The number of carbonyl (C=O) groups excluding carboxylic acids is 1. The molecule has 0 aromatic heterocycles. The van der Waals surface area contributed by atoms with Gasteiger partial charge in [-0.2, -0.15) is 0 Å². The Kier molecular flexibility index (Phi) is 5.31. The maximum Gasteiger partial charge on any atom is 0.325 e. The summed E-state index contributed by atoms with van der Waals surface area (Å²) in [7, 11) is 0. The molecule has 2 aromatic carbocycles. The number of aliphatic carboxylic acids is 1. The van der Waals surface area contributed by atoms with Gasteiger partial charge in [0.15, 0.2) is 0 Å². The van der Waals surface area contributed by atoms with Gasteiger partial charge in [-0.1, -0.05) is 60.7 Å². The second kappa shape index (κ2) is 7.41. The molecule has 0 fully saturated rings. The first kappa shape index (κ1) is 15.8. The fourth-order valence-electron chi connectivity index (χ4n) is 2.35. The molecule has 0 aliphatic carbocycles. The molecule has 22 heavy (non-hydrogen) atoms. The standard InChI is InChI=1S/C18H19NO3/c1-13(18(21)22)19-17(20)12-16(14-8-4-2-5-9-14)15-10-6-3-7-11-15/h2-11,13,16H,12H2,1H3,(H,19,20)(H,21,22). The molecule has 0 aliphatic heterocycles. The van der Waals surface area contributed by atoms with E-state index in [0.29, 0.717) is 0 Å². The van der Waals surface area contributed by atoms with Crippen LogP contribution in [0.15, 0.2) is 60.7 Å². The molecule has 0 aliphatic rings. The molecule has 0 saturated heterocycles. The van der Waals surface area contributed by atoms with Gasteiger partial charge in [-0.25, -0.2) is 0 Å². The fourth-order valence-corrected chi connectivity index (χ4v) is 2.35. The summed E-state index contributed by atoms with van der Waals surface area (Å²) in [4.78, 5) is 23.0. The Morgan fingerprint density at radius 1 is 0.955 bits per heavy atom. The highest BCUT2D eigenvalue weighted by Gasteiger charge is 2.20. The molecular formula is C18H19NO3. The summed E-state index contributed by atoms with van der Waals surface area (Å²) < 4.78 is 0. The van der Waals surface area contributed by atoms with Crippen LogP contribution in [0.4, 0.5) is 0 Å². The lowest BCUT2D eigenvalue weighted by molar-refractivity contribution is -0.141. The largest absolute Gasteiger partial charge is 0.480 e. The lowest BCUT2D eigenvalue weighted by Crippen LogP contribution is -2.38. The molecule has 1 atom stereocenters. The van der Waals surface area contributed by atoms with Crippen LogP contribution in [0.25, 0.3) is 0 Å². The van der Waals surface area contributed by atoms with Crippen molar-refractivity contribution in [1.82, 2.24) is 5.32 Å². The van der Waals surface area contributed by atoms with Crippen molar-refractivity contribution in [2.45, 2.75) is 25.3 Å². The molecule has 4 heteroatoms. The van der Waals surface area contributed by atoms with Crippen LogP contribution in [-0.4, -0.2) is 23.0 Å². The van der Waals surface area contributed by atoms with Crippen LogP contribution in [0, 0.1) is 0 Å². The van der Waals surface area contributed by atoms with Gasteiger partial charge in [0.05, 0.1) is 0 Å². The van der Waals surface area contributed by atoms with Crippen LogP contribution < -0.4 is 5.32 Å². The van der Waals surface area contributed by atoms with Crippen LogP contribution in [0.1, 0.15) is 30.4 Å². The minimum atomic E-state index is -1.04. The van der Waals surface area contributed by atoms with Crippen molar-refractivity contribution in [3.05, 3.63) is 71.8 Å². The molecule has 0 spiro atoms. The molecule has 2 N–H and O–H groups in total. The molecule has 2 rings (SSSR count). The predicted molar refractivity (Wildman–Crippen MR) is 84.6 cm³/mol. The second-order valence-electron chi connectivity index (χ2n) is 5.21. The van der Waals surface area contributed by atoms with E-state index in [1.807, 2.05) is 60.7 Å². The van der Waals surface area contributed by atoms with Gasteiger partial charge in [0.2, 0.25) is 5.91 Å². The summed E-state index contributed by atoms with van der Waals surface area (Å²) in [5, 5.41) is 11.4. The maximum absolute atomic E-state index is 12.1. The first-order chi connectivity index (χ1) is 10.6. The van der Waals surface area contributed by atoms with Crippen LogP contribution >= 0.6 is 0 Å². The molecule has 0 heterocycles. The highest BCUT2D eigenvalue weighted by Crippen LogP contribution is 2.27. The van der Waals surface area contributed by atoms with Crippen LogP contribution in [0.2, 0.25) is 0 Å². The van der Waals surface area contributed by atoms with Gasteiger partial charge in [-0.15, -0.1) is 0 Å². The zero-order valence-corrected chi connectivity index (χ0v) is 12.4. The first-order valence-corrected chi connectivity index (χ1v) is 7.20. The summed E-state index contributed by atoms with van der Waals surface area (Å²) in [6.07, 6.45) is 0.214. The van der Waals surface area contributed by atoms with Crippen LogP contribution in [0.3, 0.4) is 0 Å². The molecular weight excluding hydrogens is 278 g/mol. The number of amides is 1. The van der Waals surface area contributed by atoms with Crippen molar-refractivity contribution in [2.75, 3.05) is 0 Å². The minimum Gasteiger partial charge on any atom is -0.480 e. The third-order valence-electron chi connectivity index (χ3n) is 3.54. The Labute approximate surface area is 129 Å². The van der Waals surface area contributed by atoms with Gasteiger partial charge in [0.25, 0.3) is 0 Å². The summed E-state index contributed by atoms with van der Waals surface area (Å²) in [5.41, 5.74) is 2.07. The molecule has 1 amide bonds. The molecule has 4 nitrogen and oxygen atoms in total. The number of nitrogens with one attached hydrogen (secondary N) is 1. The van der Waals surface area contributed by atoms with E-state index in [-0.39, 0.29) is 18.2 Å². The number of hydrogen-bond donors (Lipinski definition) is 2. The van der Waals surface area contributed by atoms with E-state index in [1.54, 1.807) is 0 Å².